The molecule has 2 aromatic heterocycles. The third-order valence-electron chi connectivity index (χ3n) is 4.87. The van der Waals surface area contributed by atoms with Crippen molar-refractivity contribution in [1.82, 2.24) is 30.0 Å². The molecular formula is C17H24N6O2. The Balaban J connectivity index is 1.54. The number of nitrogens with one attached hydrogen (secondary N) is 2. The predicted molar refractivity (Wildman–Crippen MR) is 92.3 cm³/mol. The molecule has 2 N–H and O–H groups in total. The highest BCUT2D eigenvalue weighted by molar-refractivity contribution is 5.76. The summed E-state index contributed by atoms with van der Waals surface area (Å²) in [5, 5.41) is 7.12. The van der Waals surface area contributed by atoms with Crippen LogP contribution >= 0.6 is 0 Å². The lowest BCUT2D eigenvalue weighted by molar-refractivity contribution is -0.132. The van der Waals surface area contributed by atoms with Gasteiger partial charge in [-0.2, -0.15) is 10.1 Å². The summed E-state index contributed by atoms with van der Waals surface area (Å²) in [6.45, 7) is 7.02. The second-order valence-electron chi connectivity index (χ2n) is 6.66. The van der Waals surface area contributed by atoms with E-state index in [1.54, 1.807) is 0 Å². The van der Waals surface area contributed by atoms with Crippen LogP contribution in [0.15, 0.2) is 4.79 Å². The molecule has 8 heteroatoms. The summed E-state index contributed by atoms with van der Waals surface area (Å²) >= 11 is 0. The molecule has 0 aromatic carbocycles. The van der Waals surface area contributed by atoms with Crippen molar-refractivity contribution in [1.29, 1.82) is 0 Å². The van der Waals surface area contributed by atoms with E-state index in [0.717, 1.165) is 48.8 Å². The summed E-state index contributed by atoms with van der Waals surface area (Å²) in [5.41, 5.74) is 2.12. The number of H-pyrrole nitrogens is 2. The third kappa shape index (κ3) is 3.94. The lowest BCUT2D eigenvalue weighted by atomic mass is 9.95. The van der Waals surface area contributed by atoms with Crippen molar-refractivity contribution < 1.29 is 4.79 Å². The first-order chi connectivity index (χ1) is 11.9. The van der Waals surface area contributed by atoms with Crippen molar-refractivity contribution in [2.24, 2.45) is 0 Å². The SMILES string of the molecule is Cc1nc(C2CCN(C(=O)CCc3c(C)nc(=O)[nH]c3C)CC2)n[nH]1. The van der Waals surface area contributed by atoms with Crippen LogP contribution in [0.4, 0.5) is 0 Å². The van der Waals surface area contributed by atoms with Crippen LogP contribution in [0.5, 0.6) is 0 Å². The molecule has 1 saturated heterocycles. The van der Waals surface area contributed by atoms with E-state index < -0.39 is 0 Å². The van der Waals surface area contributed by atoms with Crippen LogP contribution in [-0.4, -0.2) is 49.0 Å². The molecular weight excluding hydrogens is 320 g/mol. The Morgan fingerprint density at radius 2 is 1.92 bits per heavy atom. The molecule has 1 aliphatic rings. The number of hydrogen-bond acceptors (Lipinski definition) is 5. The van der Waals surface area contributed by atoms with Crippen molar-refractivity contribution >= 4 is 5.91 Å². The molecule has 8 nitrogen and oxygen atoms in total. The van der Waals surface area contributed by atoms with E-state index in [1.165, 1.54) is 0 Å². The Hall–Kier alpha value is -2.51. The number of aromatic nitrogens is 5. The zero-order valence-corrected chi connectivity index (χ0v) is 14.9. The molecule has 0 unspecified atom stereocenters. The fraction of sp³-hybridized carbons (Fsp3) is 0.588. The molecule has 1 fully saturated rings. The van der Waals surface area contributed by atoms with Gasteiger partial charge in [-0.1, -0.05) is 0 Å². The third-order valence-corrected chi connectivity index (χ3v) is 4.87. The zero-order chi connectivity index (χ0) is 18.0. The lowest BCUT2D eigenvalue weighted by Crippen LogP contribution is -2.38. The van der Waals surface area contributed by atoms with Crippen LogP contribution in [-0.2, 0) is 11.2 Å². The molecule has 0 aliphatic carbocycles. The topological polar surface area (TPSA) is 108 Å². The standard InChI is InChI=1S/C17H24N6O2/c1-10-14(11(2)19-17(25)18-10)4-5-15(24)23-8-6-13(7-9-23)16-20-12(3)21-22-16/h13H,4-9H2,1-3H3,(H,18,19,25)(H,20,21,22). The Morgan fingerprint density at radius 3 is 2.52 bits per heavy atom. The summed E-state index contributed by atoms with van der Waals surface area (Å²) in [6, 6.07) is 0. The van der Waals surface area contributed by atoms with Crippen LogP contribution in [0.2, 0.25) is 0 Å². The minimum atomic E-state index is -0.339. The summed E-state index contributed by atoms with van der Waals surface area (Å²) in [6.07, 6.45) is 2.81. The zero-order valence-electron chi connectivity index (χ0n) is 14.9. The van der Waals surface area contributed by atoms with E-state index in [0.29, 0.717) is 24.5 Å². The molecule has 134 valence electrons. The minimum absolute atomic E-state index is 0.148. The monoisotopic (exact) mass is 344 g/mol. The van der Waals surface area contributed by atoms with Crippen molar-refractivity contribution in [3.8, 4) is 0 Å². The van der Waals surface area contributed by atoms with Gasteiger partial charge >= 0.3 is 5.69 Å². The van der Waals surface area contributed by atoms with Gasteiger partial charge in [0.15, 0.2) is 5.82 Å². The molecule has 0 spiro atoms. The molecule has 0 atom stereocenters. The van der Waals surface area contributed by atoms with E-state index >= 15 is 0 Å². The number of piperidine rings is 1. The van der Waals surface area contributed by atoms with Gasteiger partial charge in [0.1, 0.15) is 5.82 Å². The molecule has 1 aliphatic heterocycles. The summed E-state index contributed by atoms with van der Waals surface area (Å²) < 4.78 is 0. The molecule has 25 heavy (non-hydrogen) atoms. The predicted octanol–water partition coefficient (Wildman–Crippen LogP) is 1.15. The van der Waals surface area contributed by atoms with E-state index in [4.69, 9.17) is 0 Å². The van der Waals surface area contributed by atoms with Gasteiger partial charge in [-0.25, -0.2) is 9.78 Å². The van der Waals surface area contributed by atoms with Crippen molar-refractivity contribution in [3.05, 3.63) is 39.1 Å². The number of amides is 1. The first-order valence-corrected chi connectivity index (χ1v) is 8.67. The van der Waals surface area contributed by atoms with Crippen LogP contribution in [0.3, 0.4) is 0 Å². The van der Waals surface area contributed by atoms with Gasteiger partial charge < -0.3 is 9.88 Å². The van der Waals surface area contributed by atoms with Crippen molar-refractivity contribution in [2.45, 2.75) is 52.4 Å². The Morgan fingerprint density at radius 1 is 1.20 bits per heavy atom. The van der Waals surface area contributed by atoms with Gasteiger partial charge in [-0.3, -0.25) is 9.89 Å². The average Bonchev–Trinajstić information content (AvgIpc) is 3.00. The fourth-order valence-electron chi connectivity index (χ4n) is 3.44. The van der Waals surface area contributed by atoms with Gasteiger partial charge in [-0.15, -0.1) is 0 Å². The largest absolute Gasteiger partial charge is 0.345 e. The summed E-state index contributed by atoms with van der Waals surface area (Å²) in [7, 11) is 0. The number of nitrogens with zero attached hydrogens (tertiary/aromatic N) is 4. The molecule has 0 radical (unpaired) electrons. The molecule has 3 rings (SSSR count). The van der Waals surface area contributed by atoms with Gasteiger partial charge in [0.2, 0.25) is 5.91 Å². The number of rotatable bonds is 4. The Bertz CT molecular complexity index is 791. The summed E-state index contributed by atoms with van der Waals surface area (Å²) in [4.78, 5) is 36.8. The fourth-order valence-corrected chi connectivity index (χ4v) is 3.44. The maximum atomic E-state index is 12.5. The van der Waals surface area contributed by atoms with E-state index in [1.807, 2.05) is 25.7 Å². The van der Waals surface area contributed by atoms with Crippen molar-refractivity contribution in [2.75, 3.05) is 13.1 Å². The number of likely N-dealkylation sites (tertiary alicyclic amines) is 1. The highest BCUT2D eigenvalue weighted by Crippen LogP contribution is 2.26. The quantitative estimate of drug-likeness (QED) is 0.865. The number of carbonyl (C=O) groups is 1. The first-order valence-electron chi connectivity index (χ1n) is 8.67. The number of carbonyl (C=O) groups excluding carboxylic acids is 1. The highest BCUT2D eigenvalue weighted by Gasteiger charge is 2.26. The first kappa shape index (κ1) is 17.3. The van der Waals surface area contributed by atoms with Crippen molar-refractivity contribution in [3.63, 3.8) is 0 Å². The van der Waals surface area contributed by atoms with E-state index in [2.05, 4.69) is 25.1 Å². The van der Waals surface area contributed by atoms with Gasteiger partial charge in [0.25, 0.3) is 0 Å². The summed E-state index contributed by atoms with van der Waals surface area (Å²) in [5.74, 6) is 2.15. The second-order valence-corrected chi connectivity index (χ2v) is 6.66. The molecule has 1 amide bonds. The van der Waals surface area contributed by atoms with E-state index in [-0.39, 0.29) is 11.6 Å². The van der Waals surface area contributed by atoms with Crippen LogP contribution in [0, 0.1) is 20.8 Å². The molecule has 0 saturated carbocycles. The molecule has 0 bridgehead atoms. The Labute approximate surface area is 146 Å². The van der Waals surface area contributed by atoms with E-state index in [9.17, 15) is 9.59 Å². The maximum absolute atomic E-state index is 12.5. The maximum Gasteiger partial charge on any atom is 0.345 e. The smallest absolute Gasteiger partial charge is 0.343 e. The van der Waals surface area contributed by atoms with Gasteiger partial charge in [0, 0.05) is 36.8 Å². The normalized spacial score (nSPS) is 15.6. The molecule has 3 heterocycles. The second kappa shape index (κ2) is 7.16. The van der Waals surface area contributed by atoms with Crippen LogP contribution in [0.1, 0.15) is 53.8 Å². The van der Waals surface area contributed by atoms with Gasteiger partial charge in [-0.05, 0) is 45.6 Å². The number of aryl methyl sites for hydroxylation is 3. The number of aromatic amines is 2. The van der Waals surface area contributed by atoms with Crippen LogP contribution in [0.25, 0.3) is 0 Å². The van der Waals surface area contributed by atoms with Crippen LogP contribution < -0.4 is 5.69 Å². The minimum Gasteiger partial charge on any atom is -0.343 e. The van der Waals surface area contributed by atoms with Gasteiger partial charge in [0.05, 0.1) is 0 Å². The Kier molecular flexibility index (Phi) is 4.96. The lowest BCUT2D eigenvalue weighted by Gasteiger charge is -2.31. The average molecular weight is 344 g/mol. The number of hydrogen-bond donors (Lipinski definition) is 2. The highest BCUT2D eigenvalue weighted by atomic mass is 16.2. The molecule has 2 aromatic rings.